The predicted molar refractivity (Wildman–Crippen MR) is 119 cm³/mol. The maximum atomic E-state index is 10.7. The van der Waals surface area contributed by atoms with Crippen LogP contribution >= 0.6 is 0 Å². The largest absolute Gasteiger partial charge is 0.436 e. The lowest BCUT2D eigenvalue weighted by atomic mass is 10.1. The predicted octanol–water partition coefficient (Wildman–Crippen LogP) is 6.44. The van der Waals surface area contributed by atoms with Gasteiger partial charge < -0.3 is 4.42 Å². The van der Waals surface area contributed by atoms with Gasteiger partial charge in [0.2, 0.25) is 5.89 Å². The van der Waals surface area contributed by atoms with Crippen LogP contribution in [0.3, 0.4) is 0 Å². The first-order valence-electron chi connectivity index (χ1n) is 9.43. The van der Waals surface area contributed by atoms with E-state index in [0.717, 1.165) is 27.9 Å². The molecule has 0 spiro atoms. The number of nitrogens with zero attached hydrogens (tertiary/aromatic N) is 3. The highest BCUT2D eigenvalue weighted by molar-refractivity contribution is 5.81. The number of nitro benzene ring substituents is 1. The summed E-state index contributed by atoms with van der Waals surface area (Å²) < 4.78 is 5.90. The first-order valence-corrected chi connectivity index (χ1v) is 9.43. The van der Waals surface area contributed by atoms with Crippen molar-refractivity contribution in [2.45, 2.75) is 13.8 Å². The van der Waals surface area contributed by atoms with Gasteiger partial charge in [0.05, 0.1) is 10.6 Å². The molecule has 0 N–H and O–H groups in total. The molecule has 0 fully saturated rings. The Morgan fingerprint density at radius 1 is 1.00 bits per heavy atom. The normalized spacial score (nSPS) is 11.7. The van der Waals surface area contributed by atoms with Crippen molar-refractivity contribution in [3.63, 3.8) is 0 Å². The summed E-state index contributed by atoms with van der Waals surface area (Å²) in [5, 5.41) is 10.7. The molecule has 4 rings (SSSR count). The van der Waals surface area contributed by atoms with E-state index >= 15 is 0 Å². The fourth-order valence-electron chi connectivity index (χ4n) is 2.98. The number of aliphatic imine (C=N–C) groups is 1. The van der Waals surface area contributed by atoms with E-state index in [1.54, 1.807) is 24.4 Å². The molecule has 4 aromatic rings. The molecule has 6 heteroatoms. The summed E-state index contributed by atoms with van der Waals surface area (Å²) in [6.45, 7) is 4.12. The molecule has 148 valence electrons. The molecule has 0 aliphatic carbocycles. The summed E-state index contributed by atoms with van der Waals surface area (Å²) in [6, 6.07) is 18.0. The number of aryl methyl sites for hydroxylation is 2. The van der Waals surface area contributed by atoms with Crippen LogP contribution < -0.4 is 0 Å². The number of oxazole rings is 1. The fraction of sp³-hybridized carbons (Fsp3) is 0.0833. The van der Waals surface area contributed by atoms with Crippen LogP contribution in [-0.4, -0.2) is 16.1 Å². The highest BCUT2D eigenvalue weighted by Crippen LogP contribution is 2.27. The maximum absolute atomic E-state index is 10.7. The molecule has 0 radical (unpaired) electrons. The Morgan fingerprint density at radius 3 is 2.40 bits per heavy atom. The van der Waals surface area contributed by atoms with Gasteiger partial charge in [-0.3, -0.25) is 15.1 Å². The Morgan fingerprint density at radius 2 is 1.70 bits per heavy atom. The van der Waals surface area contributed by atoms with E-state index in [4.69, 9.17) is 4.42 Å². The van der Waals surface area contributed by atoms with Crippen LogP contribution in [0.1, 0.15) is 16.7 Å². The topological polar surface area (TPSA) is 81.5 Å². The second kappa shape index (κ2) is 8.13. The van der Waals surface area contributed by atoms with Gasteiger partial charge in [-0.1, -0.05) is 6.08 Å². The van der Waals surface area contributed by atoms with Crippen molar-refractivity contribution in [2.75, 3.05) is 0 Å². The SMILES string of the molecule is Cc1cc2nc(-c3ccc(N=C/C=C/c4ccc([N+](=O)[O-])cc4)cc3)oc2cc1C. The fourth-order valence-corrected chi connectivity index (χ4v) is 2.98. The Bertz CT molecular complexity index is 1230. The minimum atomic E-state index is -0.415. The molecule has 0 unspecified atom stereocenters. The summed E-state index contributed by atoms with van der Waals surface area (Å²) in [5.41, 5.74) is 6.63. The molecule has 3 aromatic carbocycles. The zero-order valence-corrected chi connectivity index (χ0v) is 16.6. The zero-order valence-electron chi connectivity index (χ0n) is 16.6. The molecule has 0 atom stereocenters. The summed E-state index contributed by atoms with van der Waals surface area (Å²) in [5.74, 6) is 0.587. The van der Waals surface area contributed by atoms with Gasteiger partial charge in [-0.25, -0.2) is 4.98 Å². The van der Waals surface area contributed by atoms with E-state index in [9.17, 15) is 10.1 Å². The van der Waals surface area contributed by atoms with Crippen molar-refractivity contribution < 1.29 is 9.34 Å². The van der Waals surface area contributed by atoms with Crippen molar-refractivity contribution >= 4 is 34.8 Å². The van der Waals surface area contributed by atoms with Gasteiger partial charge >= 0.3 is 0 Å². The Hall–Kier alpha value is -4.06. The lowest BCUT2D eigenvalue weighted by Gasteiger charge is -1.96. The van der Waals surface area contributed by atoms with Gasteiger partial charge in [0.15, 0.2) is 5.58 Å². The molecule has 0 bridgehead atoms. The van der Waals surface area contributed by atoms with Crippen LogP contribution in [0.4, 0.5) is 11.4 Å². The standard InChI is InChI=1S/C24H19N3O3/c1-16-14-22-23(15-17(16)2)30-24(26-22)19-7-9-20(10-8-19)25-13-3-4-18-5-11-21(12-6-18)27(28)29/h3-15H,1-2H3/b4-3+,25-13?. The number of hydrogen-bond acceptors (Lipinski definition) is 5. The van der Waals surface area contributed by atoms with Crippen molar-refractivity contribution in [3.8, 4) is 11.5 Å². The van der Waals surface area contributed by atoms with Crippen molar-refractivity contribution in [1.82, 2.24) is 4.98 Å². The molecule has 0 saturated carbocycles. The molecule has 30 heavy (non-hydrogen) atoms. The van der Waals surface area contributed by atoms with Crippen molar-refractivity contribution in [3.05, 3.63) is 93.5 Å². The zero-order chi connectivity index (χ0) is 21.1. The third kappa shape index (κ3) is 4.17. The van der Waals surface area contributed by atoms with Crippen LogP contribution in [-0.2, 0) is 0 Å². The second-order valence-electron chi connectivity index (χ2n) is 6.96. The Balaban J connectivity index is 1.45. The molecule has 0 amide bonds. The number of benzene rings is 3. The van der Waals surface area contributed by atoms with E-state index in [1.165, 1.54) is 23.3 Å². The molecule has 0 aliphatic heterocycles. The van der Waals surface area contributed by atoms with E-state index in [1.807, 2.05) is 42.5 Å². The molecule has 0 aliphatic rings. The molecular formula is C24H19N3O3. The van der Waals surface area contributed by atoms with E-state index in [-0.39, 0.29) is 5.69 Å². The van der Waals surface area contributed by atoms with E-state index in [2.05, 4.69) is 23.8 Å². The maximum Gasteiger partial charge on any atom is 0.269 e. The van der Waals surface area contributed by atoms with Crippen LogP contribution in [0.2, 0.25) is 0 Å². The molecule has 1 heterocycles. The lowest BCUT2D eigenvalue weighted by molar-refractivity contribution is -0.384. The quantitative estimate of drug-likeness (QED) is 0.220. The average molecular weight is 397 g/mol. The highest BCUT2D eigenvalue weighted by Gasteiger charge is 2.09. The lowest BCUT2D eigenvalue weighted by Crippen LogP contribution is -1.86. The minimum Gasteiger partial charge on any atom is -0.436 e. The molecule has 1 aromatic heterocycles. The third-order valence-corrected chi connectivity index (χ3v) is 4.82. The summed E-state index contributed by atoms with van der Waals surface area (Å²) in [4.78, 5) is 19.2. The van der Waals surface area contributed by atoms with E-state index < -0.39 is 4.92 Å². The van der Waals surface area contributed by atoms with Gasteiger partial charge in [0, 0.05) is 23.9 Å². The first-order chi connectivity index (χ1) is 14.5. The number of fused-ring (bicyclic) bond motifs is 1. The summed E-state index contributed by atoms with van der Waals surface area (Å²) in [7, 11) is 0. The third-order valence-electron chi connectivity index (χ3n) is 4.82. The van der Waals surface area contributed by atoms with Gasteiger partial charge in [-0.05, 0) is 85.1 Å². The van der Waals surface area contributed by atoms with Crippen LogP contribution in [0.15, 0.2) is 76.1 Å². The minimum absolute atomic E-state index is 0.0742. The highest BCUT2D eigenvalue weighted by atomic mass is 16.6. The van der Waals surface area contributed by atoms with Gasteiger partial charge in [0.1, 0.15) is 5.52 Å². The van der Waals surface area contributed by atoms with Crippen molar-refractivity contribution in [2.24, 2.45) is 4.99 Å². The number of non-ortho nitro benzene ring substituents is 1. The molecule has 0 saturated heterocycles. The smallest absolute Gasteiger partial charge is 0.269 e. The number of aromatic nitrogens is 1. The Kier molecular flexibility index (Phi) is 5.22. The van der Waals surface area contributed by atoms with Crippen LogP contribution in [0.5, 0.6) is 0 Å². The monoisotopic (exact) mass is 397 g/mol. The van der Waals surface area contributed by atoms with Crippen LogP contribution in [0, 0.1) is 24.0 Å². The van der Waals surface area contributed by atoms with Crippen molar-refractivity contribution in [1.29, 1.82) is 0 Å². The second-order valence-corrected chi connectivity index (χ2v) is 6.96. The number of hydrogen-bond donors (Lipinski definition) is 0. The van der Waals surface area contributed by atoms with Crippen LogP contribution in [0.25, 0.3) is 28.6 Å². The number of allylic oxidation sites excluding steroid dienone is 1. The first kappa shape index (κ1) is 19.3. The van der Waals surface area contributed by atoms with Gasteiger partial charge in [-0.15, -0.1) is 0 Å². The average Bonchev–Trinajstić information content (AvgIpc) is 3.15. The Labute approximate surface area is 173 Å². The number of rotatable bonds is 5. The van der Waals surface area contributed by atoms with Gasteiger partial charge in [-0.2, -0.15) is 0 Å². The molecular weight excluding hydrogens is 378 g/mol. The van der Waals surface area contributed by atoms with E-state index in [0.29, 0.717) is 5.89 Å². The summed E-state index contributed by atoms with van der Waals surface area (Å²) in [6.07, 6.45) is 5.31. The van der Waals surface area contributed by atoms with Gasteiger partial charge in [0.25, 0.3) is 5.69 Å². The number of nitro groups is 1. The molecule has 6 nitrogen and oxygen atoms in total. The summed E-state index contributed by atoms with van der Waals surface area (Å²) >= 11 is 0.